The molecule has 0 aliphatic carbocycles. The molecule has 0 unspecified atom stereocenters. The lowest BCUT2D eigenvalue weighted by molar-refractivity contribution is 0.0950. The molecule has 2 N–H and O–H groups in total. The molecule has 3 rings (SSSR count). The van der Waals surface area contributed by atoms with E-state index in [0.717, 1.165) is 0 Å². The second-order valence-corrected chi connectivity index (χ2v) is 8.31. The summed E-state index contributed by atoms with van der Waals surface area (Å²) in [4.78, 5) is 12.5. The van der Waals surface area contributed by atoms with E-state index in [2.05, 4.69) is 10.0 Å². The van der Waals surface area contributed by atoms with Crippen LogP contribution >= 0.6 is 0 Å². The lowest BCUT2D eigenvalue weighted by Gasteiger charge is -2.12. The molecule has 1 amide bonds. The predicted molar refractivity (Wildman–Crippen MR) is 113 cm³/mol. The number of nitrogens with one attached hydrogen (secondary N) is 2. The van der Waals surface area contributed by atoms with Crippen LogP contribution in [0.2, 0.25) is 0 Å². The summed E-state index contributed by atoms with van der Waals surface area (Å²) in [6, 6.07) is 16.6. The third kappa shape index (κ3) is 5.15. The van der Waals surface area contributed by atoms with Gasteiger partial charge in [-0.25, -0.2) is 12.8 Å². The second-order valence-electron chi connectivity index (χ2n) is 6.62. The minimum atomic E-state index is -3.79. The van der Waals surface area contributed by atoms with E-state index in [1.54, 1.807) is 37.3 Å². The fourth-order valence-corrected chi connectivity index (χ4v) is 3.94. The molecule has 0 spiro atoms. The number of benzene rings is 3. The van der Waals surface area contributed by atoms with Crippen molar-refractivity contribution in [1.82, 2.24) is 5.32 Å². The molecule has 0 bridgehead atoms. The number of ether oxygens (including phenoxy) is 1. The summed E-state index contributed by atoms with van der Waals surface area (Å²) in [5, 5.41) is 2.72. The molecular weight excluding hydrogens is 407 g/mol. The molecule has 0 radical (unpaired) electrons. The third-order valence-corrected chi connectivity index (χ3v) is 5.83. The summed E-state index contributed by atoms with van der Waals surface area (Å²) in [6.45, 7) is 1.89. The minimum absolute atomic E-state index is 0.0969. The number of hydrogen-bond donors (Lipinski definition) is 2. The lowest BCUT2D eigenvalue weighted by atomic mass is 10.1. The highest BCUT2D eigenvalue weighted by Crippen LogP contribution is 2.22. The maximum Gasteiger partial charge on any atom is 0.261 e. The summed E-state index contributed by atoms with van der Waals surface area (Å²) in [5.41, 5.74) is 1.97. The molecule has 0 fully saturated rings. The Hall–Kier alpha value is -3.39. The highest BCUT2D eigenvalue weighted by molar-refractivity contribution is 7.92. The largest absolute Gasteiger partial charge is 0.497 e. The van der Waals surface area contributed by atoms with E-state index in [0.29, 0.717) is 28.1 Å². The molecule has 6 nitrogen and oxygen atoms in total. The Morgan fingerprint density at radius 2 is 1.77 bits per heavy atom. The van der Waals surface area contributed by atoms with Crippen molar-refractivity contribution in [3.63, 3.8) is 0 Å². The van der Waals surface area contributed by atoms with Crippen molar-refractivity contribution in [2.45, 2.75) is 18.4 Å². The normalized spacial score (nSPS) is 11.0. The Morgan fingerprint density at radius 3 is 2.40 bits per heavy atom. The van der Waals surface area contributed by atoms with Crippen molar-refractivity contribution in [2.75, 3.05) is 11.8 Å². The van der Waals surface area contributed by atoms with Crippen LogP contribution < -0.4 is 14.8 Å². The van der Waals surface area contributed by atoms with Crippen molar-refractivity contribution in [1.29, 1.82) is 0 Å². The van der Waals surface area contributed by atoms with E-state index in [1.807, 2.05) is 0 Å². The summed E-state index contributed by atoms with van der Waals surface area (Å²) >= 11 is 0. The topological polar surface area (TPSA) is 84.5 Å². The highest BCUT2D eigenvalue weighted by atomic mass is 32.2. The van der Waals surface area contributed by atoms with Crippen LogP contribution in [-0.4, -0.2) is 21.4 Å². The van der Waals surface area contributed by atoms with Gasteiger partial charge in [-0.3, -0.25) is 9.52 Å². The number of carbonyl (C=O) groups is 1. The van der Waals surface area contributed by atoms with Crippen LogP contribution in [0.5, 0.6) is 5.75 Å². The van der Waals surface area contributed by atoms with Gasteiger partial charge in [0.1, 0.15) is 11.6 Å². The van der Waals surface area contributed by atoms with Gasteiger partial charge in [-0.1, -0.05) is 12.1 Å². The average Bonchev–Trinajstić information content (AvgIpc) is 2.73. The number of rotatable bonds is 7. The Balaban J connectivity index is 1.70. The molecule has 0 saturated heterocycles. The highest BCUT2D eigenvalue weighted by Gasteiger charge is 2.16. The van der Waals surface area contributed by atoms with Crippen molar-refractivity contribution in [3.05, 3.63) is 89.2 Å². The molecule has 8 heteroatoms. The fourth-order valence-electron chi connectivity index (χ4n) is 2.81. The van der Waals surface area contributed by atoms with Gasteiger partial charge in [0.15, 0.2) is 0 Å². The Labute approximate surface area is 174 Å². The van der Waals surface area contributed by atoms with Crippen LogP contribution in [0, 0.1) is 12.7 Å². The number of halogens is 1. The Morgan fingerprint density at radius 1 is 1.03 bits per heavy atom. The molecule has 0 aliphatic heterocycles. The van der Waals surface area contributed by atoms with Crippen LogP contribution in [0.3, 0.4) is 0 Å². The van der Waals surface area contributed by atoms with E-state index >= 15 is 0 Å². The van der Waals surface area contributed by atoms with E-state index in [1.165, 1.54) is 43.5 Å². The zero-order valence-corrected chi connectivity index (χ0v) is 17.3. The molecule has 30 heavy (non-hydrogen) atoms. The standard InChI is InChI=1S/C22H21FN2O4S/c1-15-12-17(22(26)24-14-16-4-3-5-18(23)13-16)6-11-21(15)25-30(27,28)20-9-7-19(29-2)8-10-20/h3-13,25H,14H2,1-2H3,(H,24,26). The van der Waals surface area contributed by atoms with Crippen LogP contribution in [0.25, 0.3) is 0 Å². The van der Waals surface area contributed by atoms with Crippen LogP contribution in [0.15, 0.2) is 71.6 Å². The van der Waals surface area contributed by atoms with E-state index in [9.17, 15) is 17.6 Å². The molecule has 0 heterocycles. The molecule has 156 valence electrons. The van der Waals surface area contributed by atoms with Crippen molar-refractivity contribution in [2.24, 2.45) is 0 Å². The maximum atomic E-state index is 13.2. The number of amides is 1. The van der Waals surface area contributed by atoms with E-state index < -0.39 is 10.0 Å². The quantitative estimate of drug-likeness (QED) is 0.598. The number of hydrogen-bond acceptors (Lipinski definition) is 4. The van der Waals surface area contributed by atoms with Gasteiger partial charge in [0.25, 0.3) is 15.9 Å². The second kappa shape index (κ2) is 8.96. The molecule has 0 aromatic heterocycles. The Kier molecular flexibility index (Phi) is 6.37. The number of anilines is 1. The molecule has 3 aromatic carbocycles. The zero-order valence-electron chi connectivity index (χ0n) is 16.5. The number of methoxy groups -OCH3 is 1. The van der Waals surface area contributed by atoms with E-state index in [-0.39, 0.29) is 23.2 Å². The van der Waals surface area contributed by atoms with Crippen molar-refractivity contribution >= 4 is 21.6 Å². The summed E-state index contributed by atoms with van der Waals surface area (Å²) in [6.07, 6.45) is 0. The number of aryl methyl sites for hydroxylation is 1. The van der Waals surface area contributed by atoms with Gasteiger partial charge in [0.2, 0.25) is 0 Å². The monoisotopic (exact) mass is 428 g/mol. The molecular formula is C22H21FN2O4S. The first-order valence-corrected chi connectivity index (χ1v) is 10.6. The van der Waals surface area contributed by atoms with E-state index in [4.69, 9.17) is 4.74 Å². The molecule has 0 aliphatic rings. The van der Waals surface area contributed by atoms with Gasteiger partial charge in [0, 0.05) is 12.1 Å². The molecule has 3 aromatic rings. The minimum Gasteiger partial charge on any atom is -0.497 e. The number of sulfonamides is 1. The van der Waals surface area contributed by atoms with Crippen molar-refractivity contribution in [3.8, 4) is 5.75 Å². The number of carbonyl (C=O) groups excluding carboxylic acids is 1. The zero-order chi connectivity index (χ0) is 21.7. The average molecular weight is 428 g/mol. The van der Waals surface area contributed by atoms with Crippen LogP contribution in [-0.2, 0) is 16.6 Å². The SMILES string of the molecule is COc1ccc(S(=O)(=O)Nc2ccc(C(=O)NCc3cccc(F)c3)cc2C)cc1. The van der Waals surface area contributed by atoms with Gasteiger partial charge in [-0.2, -0.15) is 0 Å². The smallest absolute Gasteiger partial charge is 0.261 e. The summed E-state index contributed by atoms with van der Waals surface area (Å²) in [5.74, 6) is -0.156. The van der Waals surface area contributed by atoms with Crippen LogP contribution in [0.1, 0.15) is 21.5 Å². The van der Waals surface area contributed by atoms with Gasteiger partial charge in [0.05, 0.1) is 17.7 Å². The lowest BCUT2D eigenvalue weighted by Crippen LogP contribution is -2.23. The molecule has 0 atom stereocenters. The first-order valence-electron chi connectivity index (χ1n) is 9.08. The van der Waals surface area contributed by atoms with Gasteiger partial charge in [-0.15, -0.1) is 0 Å². The maximum absolute atomic E-state index is 13.2. The summed E-state index contributed by atoms with van der Waals surface area (Å²) in [7, 11) is -2.28. The fraction of sp³-hybridized carbons (Fsp3) is 0.136. The predicted octanol–water partition coefficient (Wildman–Crippen LogP) is 3.87. The Bertz CT molecular complexity index is 1160. The molecule has 0 saturated carbocycles. The first-order chi connectivity index (χ1) is 14.3. The third-order valence-electron chi connectivity index (χ3n) is 4.44. The van der Waals surface area contributed by atoms with Crippen LogP contribution in [0.4, 0.5) is 10.1 Å². The summed E-state index contributed by atoms with van der Waals surface area (Å²) < 4.78 is 46.0. The van der Waals surface area contributed by atoms with Crippen molar-refractivity contribution < 1.29 is 22.3 Å². The van der Waals surface area contributed by atoms with Gasteiger partial charge in [-0.05, 0) is 72.6 Å². The van der Waals surface area contributed by atoms with Gasteiger partial charge < -0.3 is 10.1 Å². The van der Waals surface area contributed by atoms with Gasteiger partial charge >= 0.3 is 0 Å². The first kappa shape index (κ1) is 21.3.